The molecule has 0 atom stereocenters. The van der Waals surface area contributed by atoms with E-state index in [1.54, 1.807) is 5.40 Å². The van der Waals surface area contributed by atoms with Gasteiger partial charge in [-0.25, -0.2) is 10.8 Å². The molecule has 0 amide bonds. The normalized spacial score (nSPS) is 4.40. The molecular weight excluding hydrogens is 84.1 g/mol. The SMILES string of the molecule is [C-]#[N+]SC#N. The third kappa shape index (κ3) is 3.33. The molecule has 0 bridgehead atoms. The summed E-state index contributed by atoms with van der Waals surface area (Å²) in [5.74, 6) is 0. The van der Waals surface area contributed by atoms with Crippen molar-refractivity contribution in [2.75, 3.05) is 0 Å². The minimum Gasteiger partial charge on any atom is -0.212 e. The summed E-state index contributed by atoms with van der Waals surface area (Å²) in [5.41, 5.74) is 0. The van der Waals surface area contributed by atoms with Crippen LogP contribution in [0, 0.1) is 17.2 Å². The van der Waals surface area contributed by atoms with Gasteiger partial charge in [-0.1, -0.05) is 0 Å². The Balaban J connectivity index is 2.86. The van der Waals surface area contributed by atoms with E-state index in [1.807, 2.05) is 0 Å². The quantitative estimate of drug-likeness (QED) is 0.249. The van der Waals surface area contributed by atoms with Gasteiger partial charge in [0, 0.05) is 0 Å². The lowest BCUT2D eigenvalue weighted by Gasteiger charge is -1.42. The topological polar surface area (TPSA) is 28.1 Å². The van der Waals surface area contributed by atoms with Crippen LogP contribution in [-0.2, 0) is 0 Å². The van der Waals surface area contributed by atoms with E-state index in [1.165, 1.54) is 0 Å². The number of nitriles is 1. The molecule has 3 heteroatoms. The number of rotatable bonds is 0. The highest BCUT2D eigenvalue weighted by Gasteiger charge is 1.71. The zero-order valence-corrected chi connectivity index (χ0v) is 3.12. The van der Waals surface area contributed by atoms with Crippen LogP contribution in [0.15, 0.2) is 0 Å². The number of hydrogen-bond donors (Lipinski definition) is 0. The zero-order valence-electron chi connectivity index (χ0n) is 2.30. The predicted octanol–water partition coefficient (Wildman–Crippen LogP) is 1.03. The molecule has 0 aromatic heterocycles. The summed E-state index contributed by atoms with van der Waals surface area (Å²) < 4.78 is 2.66. The molecule has 5 heavy (non-hydrogen) atoms. The van der Waals surface area contributed by atoms with E-state index in [2.05, 4.69) is 4.25 Å². The molecule has 0 aromatic rings. The van der Waals surface area contributed by atoms with E-state index in [0.29, 0.717) is 11.9 Å². The second-order valence-electron chi connectivity index (χ2n) is 0.274. The van der Waals surface area contributed by atoms with Crippen LogP contribution < -0.4 is 0 Å². The smallest absolute Gasteiger partial charge is 0.212 e. The maximum atomic E-state index is 7.57. The summed E-state index contributed by atoms with van der Waals surface area (Å²) in [6, 6.07) is 0. The van der Waals surface area contributed by atoms with Gasteiger partial charge in [0.15, 0.2) is 0 Å². The minimum absolute atomic E-state index is 0.560. The van der Waals surface area contributed by atoms with E-state index >= 15 is 0 Å². The maximum absolute atomic E-state index is 7.57. The van der Waals surface area contributed by atoms with Crippen molar-refractivity contribution in [3.63, 3.8) is 0 Å². The Hall–Kier alpha value is -0.670. The third-order valence-electron chi connectivity index (χ3n) is 0.0865. The lowest BCUT2D eigenvalue weighted by molar-refractivity contribution is 1.57. The fraction of sp³-hybridized carbons (Fsp3) is 0. The van der Waals surface area contributed by atoms with Gasteiger partial charge in [0.1, 0.15) is 0 Å². The molecule has 0 aromatic carbocycles. The van der Waals surface area contributed by atoms with E-state index in [4.69, 9.17) is 11.8 Å². The van der Waals surface area contributed by atoms with E-state index in [-0.39, 0.29) is 0 Å². The highest BCUT2D eigenvalue weighted by Crippen LogP contribution is 1.92. The van der Waals surface area contributed by atoms with Gasteiger partial charge in [-0.2, -0.15) is 5.26 Å². The Morgan fingerprint density at radius 3 is 2.60 bits per heavy atom. The van der Waals surface area contributed by atoms with E-state index < -0.39 is 0 Å². The Kier molecular flexibility index (Phi) is 2.88. The molecule has 0 aliphatic rings. The fourth-order valence-corrected chi connectivity index (χ4v) is 0.0612. The number of hydrogen-bond acceptors (Lipinski definition) is 2. The largest absolute Gasteiger partial charge is 0.377 e. The lowest BCUT2D eigenvalue weighted by atomic mass is 11.8. The van der Waals surface area contributed by atoms with Crippen LogP contribution in [0.2, 0.25) is 0 Å². The molecule has 0 N–H and O–H groups in total. The van der Waals surface area contributed by atoms with Gasteiger partial charge in [-0.15, -0.1) is 0 Å². The van der Waals surface area contributed by atoms with Crippen molar-refractivity contribution in [2.45, 2.75) is 0 Å². The molecule has 2 nitrogen and oxygen atoms in total. The van der Waals surface area contributed by atoms with Crippen molar-refractivity contribution in [1.82, 2.24) is 0 Å². The average molecular weight is 84.1 g/mol. The summed E-state index contributed by atoms with van der Waals surface area (Å²) >= 11 is 0.560. The molecule has 0 rings (SSSR count). The fourth-order valence-electron chi connectivity index (χ4n) is 0.0204. The Bertz CT molecular complexity index is 72.8. The van der Waals surface area contributed by atoms with Crippen LogP contribution in [0.25, 0.3) is 4.25 Å². The summed E-state index contributed by atoms with van der Waals surface area (Å²) in [5, 5.41) is 9.15. The molecule has 0 saturated heterocycles. The molecule has 0 fully saturated rings. The van der Waals surface area contributed by atoms with Crippen molar-refractivity contribution in [2.24, 2.45) is 0 Å². The molecule has 0 radical (unpaired) electrons. The third-order valence-corrected chi connectivity index (χ3v) is 0.259. The van der Waals surface area contributed by atoms with Gasteiger partial charge in [0.05, 0.1) is 0 Å². The standard InChI is InChI=1S/C2N2S/c1-4-5-2-3. The van der Waals surface area contributed by atoms with Crippen LogP contribution in [-0.4, -0.2) is 0 Å². The van der Waals surface area contributed by atoms with Gasteiger partial charge in [0.25, 0.3) is 0 Å². The van der Waals surface area contributed by atoms with Crippen LogP contribution in [0.1, 0.15) is 0 Å². The summed E-state index contributed by atoms with van der Waals surface area (Å²) in [6.07, 6.45) is 0. The summed E-state index contributed by atoms with van der Waals surface area (Å²) in [6.45, 7) is 5.97. The highest BCUT2D eigenvalue weighted by molar-refractivity contribution is 8.05. The van der Waals surface area contributed by atoms with Crippen molar-refractivity contribution in [1.29, 1.82) is 5.26 Å². The lowest BCUT2D eigenvalue weighted by Crippen LogP contribution is -1.21. The Labute approximate surface area is 34.4 Å². The van der Waals surface area contributed by atoms with Crippen LogP contribution in [0.3, 0.4) is 0 Å². The first-order chi connectivity index (χ1) is 2.41. The van der Waals surface area contributed by atoms with Crippen molar-refractivity contribution in [3.05, 3.63) is 10.8 Å². The molecular formula is C2N2S. The second-order valence-corrected chi connectivity index (χ2v) is 0.822. The molecule has 24 valence electrons. The average Bonchev–Trinajstić information content (AvgIpc) is 1.41. The number of nitrogens with zero attached hydrogens (tertiary/aromatic N) is 2. The first-order valence-electron chi connectivity index (χ1n) is 0.834. The van der Waals surface area contributed by atoms with Crippen LogP contribution >= 0.6 is 11.9 Å². The van der Waals surface area contributed by atoms with Gasteiger partial charge in [-0.3, -0.25) is 0 Å². The summed E-state index contributed by atoms with van der Waals surface area (Å²) in [4.78, 5) is 0. The van der Waals surface area contributed by atoms with E-state index in [9.17, 15) is 0 Å². The zero-order chi connectivity index (χ0) is 4.12. The molecule has 0 saturated carbocycles. The highest BCUT2D eigenvalue weighted by atomic mass is 32.2. The molecule has 0 spiro atoms. The first kappa shape index (κ1) is 4.33. The van der Waals surface area contributed by atoms with Crippen molar-refractivity contribution >= 4 is 11.9 Å². The monoisotopic (exact) mass is 84.0 g/mol. The number of thiocyanates is 1. The van der Waals surface area contributed by atoms with Crippen molar-refractivity contribution in [3.8, 4) is 5.40 Å². The summed E-state index contributed by atoms with van der Waals surface area (Å²) in [7, 11) is 0. The van der Waals surface area contributed by atoms with Crippen LogP contribution in [0.5, 0.6) is 0 Å². The molecule has 0 aliphatic carbocycles. The van der Waals surface area contributed by atoms with Crippen molar-refractivity contribution < 1.29 is 0 Å². The predicted molar refractivity (Wildman–Crippen MR) is 19.8 cm³/mol. The molecule has 0 unspecified atom stereocenters. The second kappa shape index (κ2) is 3.33. The van der Waals surface area contributed by atoms with E-state index in [0.717, 1.165) is 0 Å². The minimum atomic E-state index is 0.560. The molecule has 0 aliphatic heterocycles. The van der Waals surface area contributed by atoms with Gasteiger partial charge in [0.2, 0.25) is 5.40 Å². The van der Waals surface area contributed by atoms with Gasteiger partial charge < -0.3 is 0 Å². The maximum Gasteiger partial charge on any atom is 0.377 e. The van der Waals surface area contributed by atoms with Gasteiger partial charge in [-0.05, 0) is 0 Å². The molecule has 0 heterocycles. The first-order valence-corrected chi connectivity index (χ1v) is 1.61. The van der Waals surface area contributed by atoms with Gasteiger partial charge >= 0.3 is 11.9 Å². The Morgan fingerprint density at radius 2 is 2.60 bits per heavy atom. The Morgan fingerprint density at radius 1 is 2.00 bits per heavy atom. The van der Waals surface area contributed by atoms with Crippen LogP contribution in [0.4, 0.5) is 0 Å².